The number of β-lactam (4-membered cyclic amide) rings is 1. The third-order valence-corrected chi connectivity index (χ3v) is 8.13. The minimum atomic E-state index is -1.89. The summed E-state index contributed by atoms with van der Waals surface area (Å²) in [5, 5.41) is 21.5. The first kappa shape index (κ1) is 24.4. The van der Waals surface area contributed by atoms with Crippen molar-refractivity contribution in [1.29, 1.82) is 0 Å². The number of aromatic nitrogens is 5. The van der Waals surface area contributed by atoms with Crippen molar-refractivity contribution in [3.05, 3.63) is 55.9 Å². The number of hydrogen-bond acceptors (Lipinski definition) is 11. The lowest BCUT2D eigenvalue weighted by Gasteiger charge is -2.50. The van der Waals surface area contributed by atoms with Crippen molar-refractivity contribution in [2.45, 2.75) is 23.9 Å². The van der Waals surface area contributed by atoms with Crippen LogP contribution in [-0.2, 0) is 43.4 Å². The summed E-state index contributed by atoms with van der Waals surface area (Å²) < 4.78 is 20.0. The number of imidazole rings is 1. The van der Waals surface area contributed by atoms with Crippen molar-refractivity contribution in [2.24, 2.45) is 7.05 Å². The number of carbonyl (C=O) groups excluding carboxylic acids is 3. The number of nitrogens with one attached hydrogen (secondary N) is 1. The number of esters is 1. The van der Waals surface area contributed by atoms with Crippen LogP contribution in [0.4, 0.5) is 0 Å². The molecule has 17 heteroatoms. The molecule has 2 N–H and O–H groups in total. The predicted octanol–water partition coefficient (Wildman–Crippen LogP) is -1.96. The molecular weight excluding hydrogens is 530 g/mol. The number of carboxylic acids is 1. The van der Waals surface area contributed by atoms with Crippen LogP contribution in [0.1, 0.15) is 15.4 Å². The van der Waals surface area contributed by atoms with E-state index in [0.29, 0.717) is 0 Å². The van der Waals surface area contributed by atoms with Gasteiger partial charge in [0.05, 0.1) is 17.2 Å². The third kappa shape index (κ3) is 4.20. The second-order valence-electron chi connectivity index (χ2n) is 8.06. The van der Waals surface area contributed by atoms with Gasteiger partial charge in [-0.05, 0) is 11.4 Å². The van der Waals surface area contributed by atoms with E-state index in [2.05, 4.69) is 20.6 Å². The number of nitrogens with zero attached hydrogens (tertiary/aromatic N) is 6. The number of carboxylic acid groups (broad SMARTS) is 1. The number of fused-ring (bicyclic) bond motifs is 2. The molecule has 5 heterocycles. The van der Waals surface area contributed by atoms with Gasteiger partial charge in [0.25, 0.3) is 0 Å². The Morgan fingerprint density at radius 3 is 2.78 bits per heavy atom. The lowest BCUT2D eigenvalue weighted by atomic mass is 9.98. The highest BCUT2D eigenvalue weighted by atomic mass is 32.2. The highest BCUT2D eigenvalue weighted by molar-refractivity contribution is 7.88. The maximum absolute atomic E-state index is 12.9. The van der Waals surface area contributed by atoms with Gasteiger partial charge < -0.3 is 20.1 Å². The molecule has 3 aromatic rings. The largest absolute Gasteiger partial charge is 0.479 e. The van der Waals surface area contributed by atoms with Gasteiger partial charge in [-0.25, -0.2) is 23.8 Å². The van der Waals surface area contributed by atoms with Gasteiger partial charge in [0.2, 0.25) is 11.8 Å². The Balaban J connectivity index is 1.31. The maximum atomic E-state index is 12.9. The van der Waals surface area contributed by atoms with E-state index in [0.717, 1.165) is 30.6 Å². The summed E-state index contributed by atoms with van der Waals surface area (Å²) in [7, 11) is -0.531. The van der Waals surface area contributed by atoms with E-state index in [1.54, 1.807) is 17.5 Å². The Kier molecular flexibility index (Phi) is 6.16. The molecule has 2 amide bonds. The van der Waals surface area contributed by atoms with Crippen molar-refractivity contribution in [3.8, 4) is 0 Å². The molecule has 0 saturated carbocycles. The molecule has 192 valence electrons. The zero-order valence-electron chi connectivity index (χ0n) is 18.8. The number of amides is 2. The topological polar surface area (TPSA) is 195 Å². The van der Waals surface area contributed by atoms with Crippen molar-refractivity contribution < 1.29 is 33.2 Å². The van der Waals surface area contributed by atoms with Crippen LogP contribution in [0, 0.1) is 0 Å². The van der Waals surface area contributed by atoms with Crippen LogP contribution in [-0.4, -0.2) is 86.4 Å². The van der Waals surface area contributed by atoms with E-state index in [-0.39, 0.29) is 23.3 Å². The second kappa shape index (κ2) is 9.32. The van der Waals surface area contributed by atoms with E-state index in [1.165, 1.54) is 18.4 Å². The lowest BCUT2D eigenvalue weighted by Crippen LogP contribution is -2.76. The van der Waals surface area contributed by atoms with E-state index in [4.69, 9.17) is 4.74 Å². The van der Waals surface area contributed by atoms with Crippen molar-refractivity contribution in [1.82, 2.24) is 34.6 Å². The Morgan fingerprint density at radius 1 is 1.30 bits per heavy atom. The summed E-state index contributed by atoms with van der Waals surface area (Å²) in [6.07, 6.45) is 1.09. The number of aliphatic carboxylic acids is 1. The van der Waals surface area contributed by atoms with E-state index >= 15 is 0 Å². The van der Waals surface area contributed by atoms with Gasteiger partial charge in [0.15, 0.2) is 17.4 Å². The molecule has 1 saturated heterocycles. The molecule has 2 aliphatic heterocycles. The van der Waals surface area contributed by atoms with E-state index in [1.807, 2.05) is 0 Å². The molecule has 0 aromatic carbocycles. The minimum absolute atomic E-state index is 0.0272. The van der Waals surface area contributed by atoms with Crippen LogP contribution in [0.3, 0.4) is 0 Å². The van der Waals surface area contributed by atoms with E-state index < -0.39 is 64.3 Å². The van der Waals surface area contributed by atoms with Crippen LogP contribution in [0.25, 0.3) is 5.65 Å². The summed E-state index contributed by atoms with van der Waals surface area (Å²) in [5.74, 6) is -3.63. The average molecular weight is 548 g/mol. The zero-order valence-corrected chi connectivity index (χ0v) is 20.5. The van der Waals surface area contributed by atoms with Gasteiger partial charge in [-0.3, -0.25) is 13.8 Å². The normalized spacial score (nSPS) is 22.7. The number of aryl methyl sites for hydroxylation is 1. The van der Waals surface area contributed by atoms with Crippen LogP contribution in [0.2, 0.25) is 0 Å². The Bertz CT molecular complexity index is 1560. The summed E-state index contributed by atoms with van der Waals surface area (Å²) in [4.78, 5) is 67.3. The first-order valence-electron chi connectivity index (χ1n) is 10.6. The van der Waals surface area contributed by atoms with Gasteiger partial charge >= 0.3 is 17.6 Å². The van der Waals surface area contributed by atoms with Gasteiger partial charge in [-0.2, -0.15) is 4.68 Å². The third-order valence-electron chi connectivity index (χ3n) is 5.74. The Labute approximate surface area is 212 Å². The molecule has 2 aliphatic rings. The molecule has 2 unspecified atom stereocenters. The van der Waals surface area contributed by atoms with Crippen molar-refractivity contribution >= 4 is 51.5 Å². The maximum Gasteiger partial charge on any atom is 0.361 e. The molecule has 4 atom stereocenters. The summed E-state index contributed by atoms with van der Waals surface area (Å²) in [5.41, 5.74) is -1.20. The lowest BCUT2D eigenvalue weighted by molar-refractivity contribution is -0.160. The Morgan fingerprint density at radius 2 is 2.08 bits per heavy atom. The first-order valence-corrected chi connectivity index (χ1v) is 12.7. The smallest absolute Gasteiger partial charge is 0.361 e. The highest BCUT2D eigenvalue weighted by Gasteiger charge is 2.58. The van der Waals surface area contributed by atoms with Crippen molar-refractivity contribution in [3.63, 3.8) is 0 Å². The minimum Gasteiger partial charge on any atom is -0.479 e. The second-order valence-corrected chi connectivity index (χ2v) is 10.5. The molecule has 0 radical (unpaired) electrons. The zero-order chi connectivity index (χ0) is 26.4. The Hall–Kier alpha value is -4.25. The molecule has 37 heavy (non-hydrogen) atoms. The molecule has 5 rings (SSSR count). The number of ether oxygens (including phenoxy) is 1. The van der Waals surface area contributed by atoms with Gasteiger partial charge in [-0.15, -0.1) is 16.4 Å². The summed E-state index contributed by atoms with van der Waals surface area (Å²) in [6, 6.07) is 0.834. The average Bonchev–Trinajstić information content (AvgIpc) is 3.53. The molecule has 0 bridgehead atoms. The van der Waals surface area contributed by atoms with Crippen LogP contribution < -0.4 is 11.0 Å². The molecular formula is C20H17N7O8S2. The summed E-state index contributed by atoms with van der Waals surface area (Å²) >= 11 is 1.37. The summed E-state index contributed by atoms with van der Waals surface area (Å²) in [6.45, 7) is -0.620. The molecule has 0 spiro atoms. The van der Waals surface area contributed by atoms with Crippen LogP contribution in [0.5, 0.6) is 0 Å². The molecule has 15 nitrogen and oxygen atoms in total. The highest BCUT2D eigenvalue weighted by Crippen LogP contribution is 2.34. The fourth-order valence-electron chi connectivity index (χ4n) is 4.03. The SMILES string of the molecule is Cn1nnc2c(C(=O)OCC3=CS(=O)[C@@H]4[C@H](NC(=O)Cc5cccs5)C(=O)N4C3C(=O)O)ncn2c1=O. The van der Waals surface area contributed by atoms with Crippen LogP contribution in [0.15, 0.2) is 39.6 Å². The quantitative estimate of drug-likeness (QED) is 0.246. The molecule has 3 aromatic heterocycles. The predicted molar refractivity (Wildman–Crippen MR) is 125 cm³/mol. The number of hydrogen-bond donors (Lipinski definition) is 2. The monoisotopic (exact) mass is 547 g/mol. The van der Waals surface area contributed by atoms with Crippen LogP contribution >= 0.6 is 11.3 Å². The number of thiophene rings is 1. The van der Waals surface area contributed by atoms with Crippen molar-refractivity contribution in [2.75, 3.05) is 6.61 Å². The van der Waals surface area contributed by atoms with Gasteiger partial charge in [0.1, 0.15) is 24.3 Å². The van der Waals surface area contributed by atoms with Gasteiger partial charge in [-0.1, -0.05) is 11.3 Å². The van der Waals surface area contributed by atoms with Gasteiger partial charge in [0, 0.05) is 22.9 Å². The fraction of sp³-hybridized carbons (Fsp3) is 0.300. The fourth-order valence-corrected chi connectivity index (χ4v) is 6.27. The first-order chi connectivity index (χ1) is 17.7. The number of rotatable bonds is 7. The van der Waals surface area contributed by atoms with E-state index in [9.17, 15) is 33.3 Å². The molecule has 0 aliphatic carbocycles. The standard InChI is InChI=1S/C20H17N7O8S2/c1-25-20(33)26-8-21-12(15(26)23-24-25)19(32)35-6-9-7-37(34)17-13(16(29)27(17)14(9)18(30)31)22-11(28)5-10-3-2-4-36-10/h2-4,7-8,13-14,17H,5-6H2,1H3,(H,22,28)(H,30,31)/t13-,14?,17-,37?/m1/s1. The molecule has 1 fully saturated rings. The number of carbonyl (C=O) groups is 4.